The number of ether oxygens (including phenoxy) is 1. The molecule has 0 unspecified atom stereocenters. The topological polar surface area (TPSA) is 55.4 Å². The maximum atomic E-state index is 11.4. The van der Waals surface area contributed by atoms with E-state index in [4.69, 9.17) is 0 Å². The summed E-state index contributed by atoms with van der Waals surface area (Å²) in [5.41, 5.74) is -0.0963. The lowest BCUT2D eigenvalue weighted by atomic mass is 9.69. The molecule has 0 saturated heterocycles. The zero-order valence-corrected chi connectivity index (χ0v) is 10.9. The number of carbonyl (C=O) groups excluding carboxylic acids is 2. The van der Waals surface area contributed by atoms with Gasteiger partial charge in [-0.2, -0.15) is 0 Å². The Labute approximate surface area is 97.1 Å². The summed E-state index contributed by atoms with van der Waals surface area (Å²) in [6, 6.07) is 0. The predicted molar refractivity (Wildman–Crippen MR) is 62.5 cm³/mol. The molecule has 0 atom stereocenters. The van der Waals surface area contributed by atoms with E-state index in [0.717, 1.165) is 0 Å². The minimum atomic E-state index is -0.538. The highest BCUT2D eigenvalue weighted by atomic mass is 16.5. The minimum Gasteiger partial charge on any atom is -0.464 e. The number of hydrogen-bond donors (Lipinski definition) is 1. The molecule has 0 aliphatic carbocycles. The molecule has 0 saturated carbocycles. The largest absolute Gasteiger partial charge is 0.464 e. The Kier molecular flexibility index (Phi) is 4.72. The van der Waals surface area contributed by atoms with Gasteiger partial charge in [-0.3, -0.25) is 4.79 Å². The number of esters is 1. The molecule has 4 nitrogen and oxygen atoms in total. The first-order chi connectivity index (χ1) is 7.15. The van der Waals surface area contributed by atoms with Gasteiger partial charge in [-0.25, -0.2) is 4.79 Å². The van der Waals surface area contributed by atoms with Crippen LogP contribution in [0.5, 0.6) is 0 Å². The number of rotatable bonds is 4. The van der Waals surface area contributed by atoms with Gasteiger partial charge in [0.05, 0.1) is 7.11 Å². The van der Waals surface area contributed by atoms with E-state index in [9.17, 15) is 9.59 Å². The number of allylic oxidation sites excluding steroid dienone is 1. The number of amides is 1. The number of nitrogens with one attached hydrogen (secondary N) is 1. The quantitative estimate of drug-likeness (QED) is 0.453. The van der Waals surface area contributed by atoms with Crippen molar-refractivity contribution < 1.29 is 14.3 Å². The maximum Gasteiger partial charge on any atom is 0.354 e. The van der Waals surface area contributed by atoms with Gasteiger partial charge in [-0.05, 0) is 16.9 Å². The van der Waals surface area contributed by atoms with E-state index in [2.05, 4.69) is 30.8 Å². The molecule has 1 amide bonds. The Bertz CT molecular complexity index is 298. The van der Waals surface area contributed by atoms with Crippen molar-refractivity contribution in [2.75, 3.05) is 7.11 Å². The minimum absolute atomic E-state index is 0.0309. The molecule has 0 aromatic heterocycles. The second kappa shape index (κ2) is 5.14. The summed E-state index contributed by atoms with van der Waals surface area (Å²) in [7, 11) is 1.28. The van der Waals surface area contributed by atoms with Crippen LogP contribution in [0.15, 0.2) is 11.8 Å². The van der Waals surface area contributed by atoms with E-state index < -0.39 is 5.97 Å². The first-order valence-corrected chi connectivity index (χ1v) is 5.17. The van der Waals surface area contributed by atoms with Crippen LogP contribution in [0.2, 0.25) is 0 Å². The Balaban J connectivity index is 5.20. The molecule has 92 valence electrons. The van der Waals surface area contributed by atoms with Gasteiger partial charge >= 0.3 is 5.97 Å². The summed E-state index contributed by atoms with van der Waals surface area (Å²) in [6.45, 7) is 10.2. The molecule has 1 N–H and O–H groups in total. The van der Waals surface area contributed by atoms with E-state index in [1.165, 1.54) is 7.11 Å². The zero-order valence-electron chi connectivity index (χ0n) is 10.9. The summed E-state index contributed by atoms with van der Waals surface area (Å²) in [4.78, 5) is 21.8. The van der Waals surface area contributed by atoms with Crippen LogP contribution in [-0.2, 0) is 14.3 Å². The van der Waals surface area contributed by atoms with E-state index >= 15 is 0 Å². The van der Waals surface area contributed by atoms with Crippen molar-refractivity contribution in [2.24, 2.45) is 10.8 Å². The lowest BCUT2D eigenvalue weighted by molar-refractivity contribution is -0.137. The molecule has 0 heterocycles. The third-order valence-electron chi connectivity index (χ3n) is 3.06. The van der Waals surface area contributed by atoms with Gasteiger partial charge in [0.1, 0.15) is 5.70 Å². The van der Waals surface area contributed by atoms with Crippen molar-refractivity contribution in [3.63, 3.8) is 0 Å². The second-order valence-electron chi connectivity index (χ2n) is 5.28. The lowest BCUT2D eigenvalue weighted by Gasteiger charge is -2.36. The third-order valence-corrected chi connectivity index (χ3v) is 3.06. The van der Waals surface area contributed by atoms with E-state index in [1.807, 2.05) is 13.8 Å². The van der Waals surface area contributed by atoms with Crippen molar-refractivity contribution >= 4 is 12.4 Å². The SMILES string of the molecule is COC(=O)C(=CC(C)(C)C(C)(C)C)NC=O. The van der Waals surface area contributed by atoms with Crippen molar-refractivity contribution in [2.45, 2.75) is 34.6 Å². The molecule has 0 bridgehead atoms. The monoisotopic (exact) mass is 227 g/mol. The molecule has 4 heteroatoms. The van der Waals surface area contributed by atoms with Gasteiger partial charge in [-0.1, -0.05) is 34.6 Å². The van der Waals surface area contributed by atoms with Crippen LogP contribution < -0.4 is 5.32 Å². The Morgan fingerprint density at radius 1 is 1.19 bits per heavy atom. The highest BCUT2D eigenvalue weighted by molar-refractivity contribution is 5.90. The van der Waals surface area contributed by atoms with Gasteiger partial charge in [0.25, 0.3) is 0 Å². The fourth-order valence-electron chi connectivity index (χ4n) is 0.910. The first kappa shape index (κ1) is 14.7. The normalized spacial score (nSPS) is 13.2. The van der Waals surface area contributed by atoms with Gasteiger partial charge in [-0.15, -0.1) is 0 Å². The fraction of sp³-hybridized carbons (Fsp3) is 0.667. The Morgan fingerprint density at radius 2 is 1.69 bits per heavy atom. The van der Waals surface area contributed by atoms with Gasteiger partial charge in [0.15, 0.2) is 0 Å². The molecule has 0 aromatic carbocycles. The van der Waals surface area contributed by atoms with E-state index in [1.54, 1.807) is 6.08 Å². The Morgan fingerprint density at radius 3 is 2.00 bits per heavy atom. The van der Waals surface area contributed by atoms with E-state index in [0.29, 0.717) is 6.41 Å². The molecule has 0 spiro atoms. The van der Waals surface area contributed by atoms with Crippen LogP contribution in [0, 0.1) is 10.8 Å². The van der Waals surface area contributed by atoms with Crippen LogP contribution in [0.4, 0.5) is 0 Å². The highest BCUT2D eigenvalue weighted by Crippen LogP contribution is 2.39. The summed E-state index contributed by atoms with van der Waals surface area (Å²) in [5, 5.41) is 2.37. The van der Waals surface area contributed by atoms with Crippen molar-refractivity contribution in [3.8, 4) is 0 Å². The first-order valence-electron chi connectivity index (χ1n) is 5.17. The van der Waals surface area contributed by atoms with Crippen LogP contribution >= 0.6 is 0 Å². The van der Waals surface area contributed by atoms with E-state index in [-0.39, 0.29) is 16.5 Å². The molecule has 0 aliphatic heterocycles. The average Bonchev–Trinajstić information content (AvgIpc) is 2.14. The summed E-state index contributed by atoms with van der Waals surface area (Å²) >= 11 is 0. The summed E-state index contributed by atoms with van der Waals surface area (Å²) in [6.07, 6.45) is 2.20. The van der Waals surface area contributed by atoms with Gasteiger partial charge < -0.3 is 10.1 Å². The lowest BCUT2D eigenvalue weighted by Crippen LogP contribution is -2.31. The van der Waals surface area contributed by atoms with Crippen LogP contribution in [-0.4, -0.2) is 19.5 Å². The molecular formula is C12H21NO3. The molecular weight excluding hydrogens is 206 g/mol. The molecule has 0 rings (SSSR count). The second-order valence-corrected chi connectivity index (χ2v) is 5.28. The fourth-order valence-corrected chi connectivity index (χ4v) is 0.910. The summed E-state index contributed by atoms with van der Waals surface area (Å²) in [5.74, 6) is -0.538. The van der Waals surface area contributed by atoms with Crippen molar-refractivity contribution in [1.29, 1.82) is 0 Å². The van der Waals surface area contributed by atoms with Crippen molar-refractivity contribution in [3.05, 3.63) is 11.8 Å². The number of carbonyl (C=O) groups is 2. The zero-order chi connectivity index (χ0) is 13.0. The maximum absolute atomic E-state index is 11.4. The Hall–Kier alpha value is -1.32. The van der Waals surface area contributed by atoms with Gasteiger partial charge in [0, 0.05) is 0 Å². The molecule has 0 aliphatic rings. The average molecular weight is 227 g/mol. The number of methoxy groups -OCH3 is 1. The van der Waals surface area contributed by atoms with Crippen molar-refractivity contribution in [1.82, 2.24) is 5.32 Å². The standard InChI is InChI=1S/C12H21NO3/c1-11(2,3)12(4,5)7-9(13-8-14)10(15)16-6/h7-8H,1-6H3,(H,13,14). The van der Waals surface area contributed by atoms with Crippen LogP contribution in [0.25, 0.3) is 0 Å². The highest BCUT2D eigenvalue weighted by Gasteiger charge is 2.32. The molecule has 16 heavy (non-hydrogen) atoms. The van der Waals surface area contributed by atoms with Crippen LogP contribution in [0.1, 0.15) is 34.6 Å². The third kappa shape index (κ3) is 3.68. The smallest absolute Gasteiger partial charge is 0.354 e. The van der Waals surface area contributed by atoms with Crippen LogP contribution in [0.3, 0.4) is 0 Å². The summed E-state index contributed by atoms with van der Waals surface area (Å²) < 4.78 is 4.59. The predicted octanol–water partition coefficient (Wildman–Crippen LogP) is 1.86. The molecule has 0 fully saturated rings. The molecule has 0 radical (unpaired) electrons. The number of hydrogen-bond acceptors (Lipinski definition) is 3. The molecule has 0 aromatic rings. The van der Waals surface area contributed by atoms with Gasteiger partial charge in [0.2, 0.25) is 6.41 Å².